The highest BCUT2D eigenvalue weighted by Crippen LogP contribution is 2.38. The number of rotatable bonds is 4. The van der Waals surface area contributed by atoms with Gasteiger partial charge in [0.1, 0.15) is 5.84 Å². The summed E-state index contributed by atoms with van der Waals surface area (Å²) in [6.07, 6.45) is 3.30. The Hall–Kier alpha value is -3.63. The molecule has 0 amide bonds. The van der Waals surface area contributed by atoms with Crippen molar-refractivity contribution in [2.24, 2.45) is 10.7 Å². The summed E-state index contributed by atoms with van der Waals surface area (Å²) in [6.45, 7) is 2.88. The van der Waals surface area contributed by atoms with Crippen LogP contribution in [-0.2, 0) is 4.74 Å². The molecular weight excluding hydrogens is 424 g/mol. The summed E-state index contributed by atoms with van der Waals surface area (Å²) in [6, 6.07) is 10.1. The van der Waals surface area contributed by atoms with E-state index in [4.69, 9.17) is 26.2 Å². The van der Waals surface area contributed by atoms with Gasteiger partial charge in [0.25, 0.3) is 0 Å². The van der Waals surface area contributed by atoms with Crippen molar-refractivity contribution in [3.8, 4) is 21.8 Å². The minimum Gasteiger partial charge on any atom is -0.384 e. The van der Waals surface area contributed by atoms with Crippen LogP contribution >= 0.6 is 11.3 Å². The van der Waals surface area contributed by atoms with Gasteiger partial charge in [-0.25, -0.2) is 19.9 Å². The van der Waals surface area contributed by atoms with Gasteiger partial charge in [-0.05, 0) is 17.7 Å². The molecule has 0 radical (unpaired) electrons. The van der Waals surface area contributed by atoms with Crippen molar-refractivity contribution in [3.63, 3.8) is 0 Å². The molecule has 4 heterocycles. The first-order chi connectivity index (χ1) is 15.6. The maximum absolute atomic E-state index is 6.02. The zero-order chi connectivity index (χ0) is 22.1. The van der Waals surface area contributed by atoms with Crippen LogP contribution in [0.15, 0.2) is 47.7 Å². The Morgan fingerprint density at radius 2 is 1.88 bits per heavy atom. The molecule has 4 aromatic rings. The average molecular weight is 447 g/mol. The molecule has 0 unspecified atom stereocenters. The van der Waals surface area contributed by atoms with Gasteiger partial charge in [-0.3, -0.25) is 4.99 Å². The van der Waals surface area contributed by atoms with Crippen molar-refractivity contribution in [3.05, 3.63) is 48.3 Å². The van der Waals surface area contributed by atoms with Crippen molar-refractivity contribution >= 4 is 39.2 Å². The third-order valence-corrected chi connectivity index (χ3v) is 6.45. The van der Waals surface area contributed by atoms with Crippen molar-refractivity contribution in [1.82, 2.24) is 19.9 Å². The molecule has 1 aliphatic rings. The molecule has 9 nitrogen and oxygen atoms in total. The highest BCUT2D eigenvalue weighted by molar-refractivity contribution is 7.22. The minimum absolute atomic E-state index is 0.218. The lowest BCUT2D eigenvalue weighted by Gasteiger charge is -2.28. The first-order valence-corrected chi connectivity index (χ1v) is 11.0. The Labute approximate surface area is 188 Å². The average Bonchev–Trinajstić information content (AvgIpc) is 3.28. The fourth-order valence-corrected chi connectivity index (χ4v) is 4.70. The highest BCUT2D eigenvalue weighted by atomic mass is 32.1. The fraction of sp³-hybridized carbons (Fsp3) is 0.227. The van der Waals surface area contributed by atoms with E-state index in [1.54, 1.807) is 30.8 Å². The number of nitrogens with two attached hydrogens (primary N) is 2. The van der Waals surface area contributed by atoms with E-state index in [0.717, 1.165) is 50.7 Å². The van der Waals surface area contributed by atoms with Crippen LogP contribution in [0.2, 0.25) is 0 Å². The van der Waals surface area contributed by atoms with Gasteiger partial charge in [0.2, 0.25) is 5.95 Å². The van der Waals surface area contributed by atoms with E-state index < -0.39 is 0 Å². The van der Waals surface area contributed by atoms with E-state index in [2.05, 4.69) is 32.0 Å². The van der Waals surface area contributed by atoms with Crippen molar-refractivity contribution in [1.29, 1.82) is 0 Å². The number of fused-ring (bicyclic) bond motifs is 1. The van der Waals surface area contributed by atoms with Crippen molar-refractivity contribution in [2.75, 3.05) is 44.0 Å². The zero-order valence-corrected chi connectivity index (χ0v) is 18.3. The Kier molecular flexibility index (Phi) is 5.38. The summed E-state index contributed by atoms with van der Waals surface area (Å²) < 4.78 is 6.58. The molecule has 0 aliphatic carbocycles. The third-order valence-electron chi connectivity index (χ3n) is 5.28. The maximum atomic E-state index is 6.02. The van der Waals surface area contributed by atoms with Crippen LogP contribution in [0.5, 0.6) is 0 Å². The Balaban J connectivity index is 1.66. The number of hydrogen-bond acceptors (Lipinski definition) is 9. The number of amidine groups is 1. The number of morpholine rings is 1. The van der Waals surface area contributed by atoms with Gasteiger partial charge >= 0.3 is 0 Å². The van der Waals surface area contributed by atoms with Crippen LogP contribution in [0.4, 0.5) is 11.8 Å². The third kappa shape index (κ3) is 3.85. The summed E-state index contributed by atoms with van der Waals surface area (Å²) in [5.41, 5.74) is 15.2. The van der Waals surface area contributed by atoms with Gasteiger partial charge in [0, 0.05) is 43.0 Å². The number of thiophene rings is 1. The lowest BCUT2D eigenvalue weighted by Crippen LogP contribution is -2.36. The molecule has 1 aromatic carbocycles. The molecule has 0 saturated carbocycles. The maximum Gasteiger partial charge on any atom is 0.219 e. The SMILES string of the molecule is CN=C(N)c1cccc(-c2cc3nc(-c4cnc(N)nc4)nc(N4CCOCC4)c3s2)c1. The quantitative estimate of drug-likeness (QED) is 0.361. The Morgan fingerprint density at radius 3 is 2.62 bits per heavy atom. The van der Waals surface area contributed by atoms with Crippen LogP contribution in [0, 0.1) is 0 Å². The lowest BCUT2D eigenvalue weighted by molar-refractivity contribution is 0.122. The number of aliphatic imine (C=N–C) groups is 1. The summed E-state index contributed by atoms with van der Waals surface area (Å²) in [5, 5.41) is 0. The number of aromatic nitrogens is 4. The standard InChI is InChI=1S/C22H22N8OS/c1-25-19(23)14-4-2-3-13(9-14)17-10-16-18(32-17)21(30-5-7-31-8-6-30)29-20(28-16)15-11-26-22(24)27-12-15/h2-4,9-12H,5-8H2,1H3,(H2,23,25)(H2,24,26,27). The smallest absolute Gasteiger partial charge is 0.219 e. The largest absolute Gasteiger partial charge is 0.384 e. The van der Waals surface area contributed by atoms with Crippen LogP contribution in [0.3, 0.4) is 0 Å². The van der Waals surface area contributed by atoms with E-state index in [9.17, 15) is 0 Å². The fourth-order valence-electron chi connectivity index (χ4n) is 3.59. The summed E-state index contributed by atoms with van der Waals surface area (Å²) in [5.74, 6) is 2.19. The van der Waals surface area contributed by atoms with Crippen molar-refractivity contribution in [2.45, 2.75) is 0 Å². The molecule has 1 saturated heterocycles. The molecule has 5 rings (SSSR count). The van der Waals surface area contributed by atoms with Gasteiger partial charge < -0.3 is 21.1 Å². The zero-order valence-electron chi connectivity index (χ0n) is 17.5. The molecule has 0 bridgehead atoms. The molecular formula is C22H22N8OS. The van der Waals surface area contributed by atoms with Crippen molar-refractivity contribution < 1.29 is 4.74 Å². The second-order valence-corrected chi connectivity index (χ2v) is 8.37. The first-order valence-electron chi connectivity index (χ1n) is 10.2. The minimum atomic E-state index is 0.218. The second-order valence-electron chi connectivity index (χ2n) is 7.31. The van der Waals surface area contributed by atoms with Gasteiger partial charge in [0.05, 0.1) is 29.0 Å². The molecule has 0 spiro atoms. The normalized spacial score (nSPS) is 14.8. The number of anilines is 2. The lowest BCUT2D eigenvalue weighted by atomic mass is 10.1. The van der Waals surface area contributed by atoms with Crippen LogP contribution in [0.25, 0.3) is 32.0 Å². The van der Waals surface area contributed by atoms with Gasteiger partial charge in [-0.1, -0.05) is 18.2 Å². The molecule has 0 atom stereocenters. The predicted octanol–water partition coefficient (Wildman–Crippen LogP) is 2.57. The Bertz CT molecular complexity index is 1300. The molecule has 4 N–H and O–H groups in total. The number of nitrogens with zero attached hydrogens (tertiary/aromatic N) is 6. The van der Waals surface area contributed by atoms with Crippen LogP contribution in [0.1, 0.15) is 5.56 Å². The summed E-state index contributed by atoms with van der Waals surface area (Å²) >= 11 is 1.67. The van der Waals surface area contributed by atoms with E-state index >= 15 is 0 Å². The molecule has 162 valence electrons. The van der Waals surface area contributed by atoms with E-state index in [-0.39, 0.29) is 5.95 Å². The van der Waals surface area contributed by atoms with Crippen LogP contribution < -0.4 is 16.4 Å². The van der Waals surface area contributed by atoms with Gasteiger partial charge in [0.15, 0.2) is 11.6 Å². The number of benzene rings is 1. The van der Waals surface area contributed by atoms with Gasteiger partial charge in [-0.2, -0.15) is 0 Å². The summed E-state index contributed by atoms with van der Waals surface area (Å²) in [7, 11) is 1.69. The molecule has 3 aromatic heterocycles. The number of nitrogen functional groups attached to an aromatic ring is 1. The van der Waals surface area contributed by atoms with Gasteiger partial charge in [-0.15, -0.1) is 11.3 Å². The predicted molar refractivity (Wildman–Crippen MR) is 128 cm³/mol. The molecule has 32 heavy (non-hydrogen) atoms. The van der Waals surface area contributed by atoms with E-state index in [0.29, 0.717) is 24.9 Å². The highest BCUT2D eigenvalue weighted by Gasteiger charge is 2.21. The molecule has 1 fully saturated rings. The monoisotopic (exact) mass is 446 g/mol. The first kappa shape index (κ1) is 20.3. The Morgan fingerprint density at radius 1 is 1.09 bits per heavy atom. The number of hydrogen-bond donors (Lipinski definition) is 2. The van der Waals surface area contributed by atoms with E-state index in [1.807, 2.05) is 18.2 Å². The number of ether oxygens (including phenoxy) is 1. The van der Waals surface area contributed by atoms with Crippen LogP contribution in [-0.4, -0.2) is 59.1 Å². The second kappa shape index (κ2) is 8.48. The topological polar surface area (TPSA) is 128 Å². The molecule has 10 heteroatoms. The van der Waals surface area contributed by atoms with E-state index in [1.165, 1.54) is 0 Å². The summed E-state index contributed by atoms with van der Waals surface area (Å²) in [4.78, 5) is 25.3. The molecule has 1 aliphatic heterocycles.